The van der Waals surface area contributed by atoms with E-state index < -0.39 is 6.10 Å². The summed E-state index contributed by atoms with van der Waals surface area (Å²) in [6.07, 6.45) is -0.771. The maximum Gasteiger partial charge on any atom is 0.265 e. The molecule has 0 spiro atoms. The Morgan fingerprint density at radius 1 is 0.912 bits per heavy atom. The van der Waals surface area contributed by atoms with Crippen LogP contribution in [0, 0.1) is 0 Å². The summed E-state index contributed by atoms with van der Waals surface area (Å²) >= 11 is 12.1. The third kappa shape index (κ3) is 5.64. The summed E-state index contributed by atoms with van der Waals surface area (Å²) in [6, 6.07) is 21.8. The lowest BCUT2D eigenvalue weighted by molar-refractivity contribution is -0.122. The summed E-state index contributed by atoms with van der Waals surface area (Å²) in [5.41, 5.74) is 2.28. The molecule has 3 aromatic carbocycles. The summed E-state index contributed by atoms with van der Waals surface area (Å²) in [6.45, 7) is 4.20. The van der Waals surface area contributed by atoms with Crippen molar-refractivity contribution in [2.45, 2.75) is 13.0 Å². The molecule has 0 saturated carbocycles. The lowest BCUT2D eigenvalue weighted by atomic mass is 10.1. The minimum absolute atomic E-state index is 0.0358. The largest absolute Gasteiger partial charge is 0.479 e. The molecule has 1 aliphatic rings. The monoisotopic (exact) mass is 497 g/mol. The Hall–Kier alpha value is -3.22. The van der Waals surface area contributed by atoms with E-state index in [9.17, 15) is 9.59 Å². The average Bonchev–Trinajstić information content (AvgIpc) is 2.86. The Labute approximate surface area is 209 Å². The van der Waals surface area contributed by atoms with E-state index in [0.717, 1.165) is 5.69 Å². The molecule has 3 aromatic rings. The van der Waals surface area contributed by atoms with Crippen molar-refractivity contribution in [3.63, 3.8) is 0 Å². The van der Waals surface area contributed by atoms with E-state index in [1.54, 1.807) is 25.1 Å². The van der Waals surface area contributed by atoms with Gasteiger partial charge in [0.25, 0.3) is 11.8 Å². The van der Waals surface area contributed by atoms with Crippen LogP contribution in [-0.2, 0) is 4.79 Å². The molecule has 176 valence electrons. The number of halogens is 2. The minimum atomic E-state index is -0.771. The van der Waals surface area contributed by atoms with Gasteiger partial charge in [0.2, 0.25) is 0 Å². The summed E-state index contributed by atoms with van der Waals surface area (Å²) in [4.78, 5) is 29.6. The van der Waals surface area contributed by atoms with Crippen LogP contribution in [0.5, 0.6) is 5.75 Å². The zero-order valence-electron chi connectivity index (χ0n) is 18.7. The van der Waals surface area contributed by atoms with Gasteiger partial charge in [-0.1, -0.05) is 53.5 Å². The number of piperazine rings is 1. The van der Waals surface area contributed by atoms with E-state index in [-0.39, 0.29) is 11.8 Å². The van der Waals surface area contributed by atoms with Crippen LogP contribution in [0.15, 0.2) is 72.8 Å². The summed E-state index contributed by atoms with van der Waals surface area (Å²) < 4.78 is 5.74. The third-order valence-corrected chi connectivity index (χ3v) is 6.19. The van der Waals surface area contributed by atoms with Crippen molar-refractivity contribution in [1.29, 1.82) is 0 Å². The van der Waals surface area contributed by atoms with Crippen molar-refractivity contribution >= 4 is 46.4 Å². The number of hydrogen-bond donors (Lipinski definition) is 1. The molecule has 4 rings (SSSR count). The van der Waals surface area contributed by atoms with Gasteiger partial charge in [-0.05, 0) is 49.4 Å². The van der Waals surface area contributed by atoms with Crippen molar-refractivity contribution < 1.29 is 14.3 Å². The Balaban J connectivity index is 1.39. The summed E-state index contributed by atoms with van der Waals surface area (Å²) in [7, 11) is 0. The van der Waals surface area contributed by atoms with E-state index in [2.05, 4.69) is 10.2 Å². The van der Waals surface area contributed by atoms with E-state index in [1.807, 2.05) is 59.5 Å². The lowest BCUT2D eigenvalue weighted by Gasteiger charge is -2.37. The Morgan fingerprint density at radius 2 is 1.59 bits per heavy atom. The van der Waals surface area contributed by atoms with Crippen LogP contribution in [0.4, 0.5) is 11.4 Å². The normalized spacial score (nSPS) is 14.4. The van der Waals surface area contributed by atoms with Crippen molar-refractivity contribution in [2.75, 3.05) is 36.4 Å². The summed E-state index contributed by atoms with van der Waals surface area (Å²) in [5.74, 6) is 0.131. The van der Waals surface area contributed by atoms with Crippen LogP contribution in [-0.4, -0.2) is 49.0 Å². The molecular weight excluding hydrogens is 473 g/mol. The van der Waals surface area contributed by atoms with Gasteiger partial charge in [0.05, 0.1) is 16.4 Å². The predicted molar refractivity (Wildman–Crippen MR) is 136 cm³/mol. The Kier molecular flexibility index (Phi) is 7.60. The minimum Gasteiger partial charge on any atom is -0.479 e. The van der Waals surface area contributed by atoms with Crippen molar-refractivity contribution in [1.82, 2.24) is 4.90 Å². The van der Waals surface area contributed by atoms with Crippen LogP contribution >= 0.6 is 23.2 Å². The molecule has 0 bridgehead atoms. The highest BCUT2D eigenvalue weighted by atomic mass is 35.5. The highest BCUT2D eigenvalue weighted by molar-refractivity contribution is 6.35. The van der Waals surface area contributed by atoms with E-state index >= 15 is 0 Å². The second-order valence-corrected chi connectivity index (χ2v) is 8.83. The van der Waals surface area contributed by atoms with E-state index in [0.29, 0.717) is 53.2 Å². The fourth-order valence-corrected chi connectivity index (χ4v) is 4.27. The SMILES string of the molecule is C[C@@H](Oc1ccc(Cl)cc1Cl)C(=O)Nc1ccccc1N1CCN(C(=O)c2ccccc2)CC1. The number of para-hydroxylation sites is 2. The molecule has 34 heavy (non-hydrogen) atoms. The molecule has 1 atom stereocenters. The van der Waals surface area contributed by atoms with Crippen molar-refractivity contribution in [3.8, 4) is 5.75 Å². The van der Waals surface area contributed by atoms with Crippen molar-refractivity contribution in [3.05, 3.63) is 88.4 Å². The van der Waals surface area contributed by atoms with Gasteiger partial charge in [0, 0.05) is 36.8 Å². The fraction of sp³-hybridized carbons (Fsp3) is 0.231. The molecule has 0 radical (unpaired) electrons. The maximum absolute atomic E-state index is 12.9. The molecule has 8 heteroatoms. The summed E-state index contributed by atoms with van der Waals surface area (Å²) in [5, 5.41) is 3.80. The quantitative estimate of drug-likeness (QED) is 0.497. The first kappa shape index (κ1) is 23.9. The molecule has 1 aliphatic heterocycles. The van der Waals surface area contributed by atoms with Gasteiger partial charge in [0.15, 0.2) is 6.10 Å². The van der Waals surface area contributed by atoms with Gasteiger partial charge < -0.3 is 19.9 Å². The van der Waals surface area contributed by atoms with Gasteiger partial charge in [-0.25, -0.2) is 0 Å². The first-order chi connectivity index (χ1) is 16.4. The molecule has 6 nitrogen and oxygen atoms in total. The zero-order chi connectivity index (χ0) is 24.1. The Bertz CT molecular complexity index is 1160. The third-order valence-electron chi connectivity index (χ3n) is 5.66. The second kappa shape index (κ2) is 10.8. The predicted octanol–water partition coefficient (Wildman–Crippen LogP) is 5.36. The molecule has 1 N–H and O–H groups in total. The van der Waals surface area contributed by atoms with Gasteiger partial charge in [-0.2, -0.15) is 0 Å². The topological polar surface area (TPSA) is 61.9 Å². The number of hydrogen-bond acceptors (Lipinski definition) is 4. The zero-order valence-corrected chi connectivity index (χ0v) is 20.2. The maximum atomic E-state index is 12.9. The number of ether oxygens (including phenoxy) is 1. The van der Waals surface area contributed by atoms with Gasteiger partial charge in [-0.15, -0.1) is 0 Å². The first-order valence-electron chi connectivity index (χ1n) is 11.0. The van der Waals surface area contributed by atoms with Crippen LogP contribution in [0.3, 0.4) is 0 Å². The molecule has 0 aliphatic carbocycles. The molecule has 0 aromatic heterocycles. The van der Waals surface area contributed by atoms with E-state index in [1.165, 1.54) is 0 Å². The number of nitrogens with one attached hydrogen (secondary N) is 1. The molecule has 1 heterocycles. The number of carbonyl (C=O) groups excluding carboxylic acids is 2. The molecule has 1 saturated heterocycles. The van der Waals surface area contributed by atoms with E-state index in [4.69, 9.17) is 27.9 Å². The number of rotatable bonds is 6. The number of carbonyl (C=O) groups is 2. The molecular formula is C26H25Cl2N3O3. The standard InChI is InChI=1S/C26H25Cl2N3O3/c1-18(34-24-12-11-20(27)17-21(24)28)25(32)29-22-9-5-6-10-23(22)30-13-15-31(16-14-30)26(33)19-7-3-2-4-8-19/h2-12,17-18H,13-16H2,1H3,(H,29,32)/t18-/m1/s1. The van der Waals surface area contributed by atoms with Crippen LogP contribution in [0.1, 0.15) is 17.3 Å². The number of benzene rings is 3. The van der Waals surface area contributed by atoms with Gasteiger partial charge in [-0.3, -0.25) is 9.59 Å². The van der Waals surface area contributed by atoms with Crippen LogP contribution in [0.25, 0.3) is 0 Å². The molecule has 1 fully saturated rings. The Morgan fingerprint density at radius 3 is 2.29 bits per heavy atom. The molecule has 0 unspecified atom stereocenters. The van der Waals surface area contributed by atoms with Gasteiger partial charge >= 0.3 is 0 Å². The second-order valence-electron chi connectivity index (χ2n) is 7.99. The van der Waals surface area contributed by atoms with Gasteiger partial charge in [0.1, 0.15) is 5.75 Å². The lowest BCUT2D eigenvalue weighted by Crippen LogP contribution is -2.49. The average molecular weight is 498 g/mol. The van der Waals surface area contributed by atoms with Crippen LogP contribution in [0.2, 0.25) is 10.0 Å². The highest BCUT2D eigenvalue weighted by Gasteiger charge is 2.24. The van der Waals surface area contributed by atoms with Crippen molar-refractivity contribution in [2.24, 2.45) is 0 Å². The molecule has 2 amide bonds. The fourth-order valence-electron chi connectivity index (χ4n) is 3.82. The number of nitrogens with zero attached hydrogens (tertiary/aromatic N) is 2. The number of amides is 2. The first-order valence-corrected chi connectivity index (χ1v) is 11.8. The highest BCUT2D eigenvalue weighted by Crippen LogP contribution is 2.30. The number of anilines is 2. The van der Waals surface area contributed by atoms with Crippen LogP contribution < -0.4 is 15.0 Å². The smallest absolute Gasteiger partial charge is 0.265 e.